The number of carboxylic acids is 1. The number of phenolic OH excluding ortho intramolecular Hbond substituents is 1. The summed E-state index contributed by atoms with van der Waals surface area (Å²) in [4.78, 5) is 15.3. The van der Waals surface area contributed by atoms with Gasteiger partial charge in [-0.1, -0.05) is 35.9 Å². The van der Waals surface area contributed by atoms with Gasteiger partial charge in [0.15, 0.2) is 0 Å². The molecule has 2 aromatic carbocycles. The van der Waals surface area contributed by atoms with Crippen molar-refractivity contribution in [3.05, 3.63) is 81.0 Å². The van der Waals surface area contributed by atoms with Crippen molar-refractivity contribution in [1.29, 1.82) is 0 Å². The molecule has 0 unspecified atom stereocenters. The summed E-state index contributed by atoms with van der Waals surface area (Å²) in [5.41, 5.74) is 6.30. The molecule has 0 radical (unpaired) electrons. The minimum Gasteiger partial charge on any atom is -0.506 e. The van der Waals surface area contributed by atoms with E-state index in [1.807, 2.05) is 36.6 Å². The number of aliphatic imine (C=N–C) groups is 1. The van der Waals surface area contributed by atoms with Crippen LogP contribution in [0.15, 0.2) is 52.5 Å². The molecule has 0 bridgehead atoms. The Balaban J connectivity index is 1.75. The fourth-order valence-corrected chi connectivity index (χ4v) is 4.19. The molecule has 1 aliphatic rings. The SMILES string of the molecule is Cc1cc(C)cc(-n2c(O)c(C=Nc3ccc(/C=C(\Cl)C(=O)O)cc3O)c3c2CCC=C3)c1. The van der Waals surface area contributed by atoms with Gasteiger partial charge in [-0.2, -0.15) is 0 Å². The third-order valence-electron chi connectivity index (χ3n) is 5.45. The Morgan fingerprint density at radius 2 is 1.85 bits per heavy atom. The summed E-state index contributed by atoms with van der Waals surface area (Å²) in [5, 5.41) is 30.1. The first kappa shape index (κ1) is 22.4. The normalized spacial score (nSPS) is 13.5. The predicted octanol–water partition coefficient (Wildman–Crippen LogP) is 5.88. The first-order chi connectivity index (χ1) is 15.7. The monoisotopic (exact) mass is 462 g/mol. The smallest absolute Gasteiger partial charge is 0.347 e. The lowest BCUT2D eigenvalue weighted by atomic mass is 10.0. The number of fused-ring (bicyclic) bond motifs is 1. The zero-order valence-corrected chi connectivity index (χ0v) is 19.0. The van der Waals surface area contributed by atoms with Gasteiger partial charge in [0.25, 0.3) is 0 Å². The second-order valence-electron chi connectivity index (χ2n) is 8.02. The van der Waals surface area contributed by atoms with E-state index in [2.05, 4.69) is 17.1 Å². The molecule has 0 spiro atoms. The summed E-state index contributed by atoms with van der Waals surface area (Å²) in [5.74, 6) is -1.29. The van der Waals surface area contributed by atoms with Gasteiger partial charge in [-0.3, -0.25) is 9.56 Å². The molecule has 1 aromatic heterocycles. The van der Waals surface area contributed by atoms with Crippen LogP contribution in [0.2, 0.25) is 0 Å². The van der Waals surface area contributed by atoms with E-state index < -0.39 is 5.97 Å². The van der Waals surface area contributed by atoms with Gasteiger partial charge in [0, 0.05) is 23.2 Å². The van der Waals surface area contributed by atoms with E-state index in [0.29, 0.717) is 11.1 Å². The first-order valence-corrected chi connectivity index (χ1v) is 10.8. The molecule has 3 aromatic rings. The van der Waals surface area contributed by atoms with Crippen molar-refractivity contribution in [3.8, 4) is 17.3 Å². The maximum atomic E-state index is 11.2. The number of aromatic hydroxyl groups is 2. The molecule has 168 valence electrons. The third-order valence-corrected chi connectivity index (χ3v) is 5.72. The number of aryl methyl sites for hydroxylation is 2. The van der Waals surface area contributed by atoms with Crippen molar-refractivity contribution < 1.29 is 20.1 Å². The van der Waals surface area contributed by atoms with E-state index in [1.54, 1.807) is 12.1 Å². The topological polar surface area (TPSA) is 95.0 Å². The van der Waals surface area contributed by atoms with E-state index >= 15 is 0 Å². The van der Waals surface area contributed by atoms with Crippen molar-refractivity contribution in [3.63, 3.8) is 0 Å². The zero-order valence-electron chi connectivity index (χ0n) is 18.2. The second-order valence-corrected chi connectivity index (χ2v) is 8.43. The molecule has 6 nitrogen and oxygen atoms in total. The van der Waals surface area contributed by atoms with Crippen LogP contribution >= 0.6 is 11.6 Å². The Morgan fingerprint density at radius 1 is 1.12 bits per heavy atom. The van der Waals surface area contributed by atoms with Gasteiger partial charge in [0.1, 0.15) is 16.5 Å². The van der Waals surface area contributed by atoms with Crippen LogP contribution in [0.5, 0.6) is 11.6 Å². The summed E-state index contributed by atoms with van der Waals surface area (Å²) in [6.45, 7) is 4.05. The van der Waals surface area contributed by atoms with Crippen LogP contribution in [0.1, 0.15) is 39.9 Å². The number of allylic oxidation sites excluding steroid dienone is 1. The Labute approximate surface area is 196 Å². The summed E-state index contributed by atoms with van der Waals surface area (Å²) < 4.78 is 1.86. The Hall–Kier alpha value is -3.77. The van der Waals surface area contributed by atoms with Crippen molar-refractivity contribution in [2.75, 3.05) is 0 Å². The number of phenols is 1. The average Bonchev–Trinajstić information content (AvgIpc) is 3.03. The largest absolute Gasteiger partial charge is 0.506 e. The van der Waals surface area contributed by atoms with Gasteiger partial charge >= 0.3 is 5.97 Å². The molecule has 1 aliphatic carbocycles. The standard InChI is InChI=1S/C26H23ClN2O4/c1-15-9-16(2)11-18(10-15)29-23-6-4-3-5-19(23)20(25(29)31)14-28-22-8-7-17(13-24(22)30)12-21(27)26(32)33/h3,5,7-14,30-31H,4,6H2,1-2H3,(H,32,33)/b21-12-,28-14?. The lowest BCUT2D eigenvalue weighted by Crippen LogP contribution is -2.03. The van der Waals surface area contributed by atoms with Gasteiger partial charge in [-0.15, -0.1) is 0 Å². The molecule has 0 amide bonds. The number of hydrogen-bond donors (Lipinski definition) is 3. The maximum absolute atomic E-state index is 11.2. The minimum atomic E-state index is -1.25. The van der Waals surface area contributed by atoms with Crippen LogP contribution < -0.4 is 0 Å². The van der Waals surface area contributed by atoms with Crippen LogP contribution in [0, 0.1) is 13.8 Å². The highest BCUT2D eigenvalue weighted by molar-refractivity contribution is 6.43. The molecule has 0 atom stereocenters. The van der Waals surface area contributed by atoms with Gasteiger partial charge in [0.05, 0.1) is 5.56 Å². The Kier molecular flexibility index (Phi) is 6.11. The predicted molar refractivity (Wildman–Crippen MR) is 131 cm³/mol. The van der Waals surface area contributed by atoms with Crippen molar-refractivity contribution in [2.24, 2.45) is 4.99 Å². The summed E-state index contributed by atoms with van der Waals surface area (Å²) >= 11 is 5.65. The van der Waals surface area contributed by atoms with E-state index in [-0.39, 0.29) is 22.3 Å². The van der Waals surface area contributed by atoms with Gasteiger partial charge < -0.3 is 15.3 Å². The molecule has 0 aliphatic heterocycles. The van der Waals surface area contributed by atoms with Crippen LogP contribution in [-0.2, 0) is 11.2 Å². The van der Waals surface area contributed by atoms with E-state index in [0.717, 1.165) is 40.9 Å². The van der Waals surface area contributed by atoms with E-state index in [1.165, 1.54) is 18.4 Å². The number of rotatable bonds is 5. The van der Waals surface area contributed by atoms with Crippen LogP contribution in [-0.4, -0.2) is 32.1 Å². The average molecular weight is 463 g/mol. The highest BCUT2D eigenvalue weighted by Crippen LogP contribution is 2.36. The quantitative estimate of drug-likeness (QED) is 0.326. The number of aromatic nitrogens is 1. The molecule has 4 rings (SSSR count). The lowest BCUT2D eigenvalue weighted by Gasteiger charge is -2.14. The number of carboxylic acid groups (broad SMARTS) is 1. The van der Waals surface area contributed by atoms with Gasteiger partial charge in [-0.05, 0) is 73.7 Å². The zero-order chi connectivity index (χ0) is 23.7. The molecule has 33 heavy (non-hydrogen) atoms. The highest BCUT2D eigenvalue weighted by Gasteiger charge is 2.22. The Bertz CT molecular complexity index is 1330. The summed E-state index contributed by atoms with van der Waals surface area (Å²) in [7, 11) is 0. The number of halogens is 1. The van der Waals surface area contributed by atoms with Gasteiger partial charge in [0.2, 0.25) is 5.88 Å². The van der Waals surface area contributed by atoms with Crippen LogP contribution in [0.4, 0.5) is 5.69 Å². The number of nitrogens with zero attached hydrogens (tertiary/aromatic N) is 2. The second kappa shape index (κ2) is 9.00. The molecule has 3 N–H and O–H groups in total. The van der Waals surface area contributed by atoms with Crippen LogP contribution in [0.3, 0.4) is 0 Å². The fraction of sp³-hybridized carbons (Fsp3) is 0.154. The molecule has 7 heteroatoms. The van der Waals surface area contributed by atoms with Crippen LogP contribution in [0.25, 0.3) is 17.8 Å². The number of aliphatic carboxylic acids is 1. The summed E-state index contributed by atoms with van der Waals surface area (Å²) in [6, 6.07) is 10.7. The minimum absolute atomic E-state index is 0.0904. The number of hydrogen-bond acceptors (Lipinski definition) is 4. The highest BCUT2D eigenvalue weighted by atomic mass is 35.5. The molecule has 0 fully saturated rings. The third kappa shape index (κ3) is 4.56. The van der Waals surface area contributed by atoms with Crippen molar-refractivity contribution in [2.45, 2.75) is 26.7 Å². The molecule has 1 heterocycles. The number of benzene rings is 2. The first-order valence-electron chi connectivity index (χ1n) is 10.4. The van der Waals surface area contributed by atoms with E-state index in [4.69, 9.17) is 16.7 Å². The molecular weight excluding hydrogens is 440 g/mol. The molecular formula is C26H23ClN2O4. The van der Waals surface area contributed by atoms with Crippen molar-refractivity contribution >= 4 is 41.6 Å². The molecule has 0 saturated heterocycles. The maximum Gasteiger partial charge on any atom is 0.347 e. The molecule has 0 saturated carbocycles. The summed E-state index contributed by atoms with van der Waals surface area (Å²) in [6.07, 6.45) is 8.51. The number of carbonyl (C=O) groups is 1. The Morgan fingerprint density at radius 3 is 2.52 bits per heavy atom. The fourth-order valence-electron chi connectivity index (χ4n) is 4.07. The lowest BCUT2D eigenvalue weighted by molar-refractivity contribution is -0.131. The van der Waals surface area contributed by atoms with E-state index in [9.17, 15) is 15.0 Å². The van der Waals surface area contributed by atoms with Gasteiger partial charge in [-0.25, -0.2) is 4.79 Å². The van der Waals surface area contributed by atoms with Crippen molar-refractivity contribution in [1.82, 2.24) is 4.57 Å².